The average Bonchev–Trinajstić information content (AvgIpc) is 2.90. The van der Waals surface area contributed by atoms with E-state index in [1.807, 2.05) is 18.2 Å². The fraction of sp³-hybridized carbons (Fsp3) is 0.222. The number of hydrogen-bond acceptors (Lipinski definition) is 5. The number of carbonyl (C=O) groups excluding carboxylic acids is 2. The van der Waals surface area contributed by atoms with Crippen molar-refractivity contribution in [2.75, 3.05) is 6.54 Å². The van der Waals surface area contributed by atoms with Gasteiger partial charge in [-0.05, 0) is 35.9 Å². The minimum atomic E-state index is -4.07. The zero-order valence-electron chi connectivity index (χ0n) is 20.7. The van der Waals surface area contributed by atoms with Gasteiger partial charge in [-0.25, -0.2) is 13.2 Å². The number of carboxylic acid groups (broad SMARTS) is 1. The number of nitrogens with zero attached hydrogens (tertiary/aromatic N) is 1. The van der Waals surface area contributed by atoms with Crippen molar-refractivity contribution in [1.29, 1.82) is 0 Å². The first-order valence-corrected chi connectivity index (χ1v) is 13.4. The second kappa shape index (κ2) is 11.4. The topological polar surface area (TPSA) is 145 Å². The van der Waals surface area contributed by atoms with Crippen LogP contribution in [0.3, 0.4) is 0 Å². The Balaban J connectivity index is 1.43. The van der Waals surface area contributed by atoms with E-state index in [4.69, 9.17) is 5.11 Å². The van der Waals surface area contributed by atoms with Gasteiger partial charge in [-0.3, -0.25) is 14.6 Å². The van der Waals surface area contributed by atoms with Gasteiger partial charge >= 0.3 is 6.09 Å². The standard InChI is InChI=1S/C27H28N4O6S/c1-18-13-14-31(30-38(36,37)24-12-6-10-19-7-4-5-11-22(19)24)26(33)23(18)15-25(32)28-16-20-8-2-3-9-21(20)17-29-27(34)35/h2-12,29-30H,13-17H2,1H3,(H,28,32)(H,34,35). The van der Waals surface area contributed by atoms with Crippen LogP contribution in [0.1, 0.15) is 30.9 Å². The molecule has 3 aromatic carbocycles. The fourth-order valence-corrected chi connectivity index (χ4v) is 5.60. The van der Waals surface area contributed by atoms with E-state index in [0.717, 1.165) is 21.5 Å². The Morgan fingerprint density at radius 2 is 1.55 bits per heavy atom. The van der Waals surface area contributed by atoms with Gasteiger partial charge in [0.1, 0.15) is 0 Å². The molecular formula is C27H28N4O6S. The summed E-state index contributed by atoms with van der Waals surface area (Å²) in [4.78, 5) is 39.2. The summed E-state index contributed by atoms with van der Waals surface area (Å²) in [6, 6.07) is 19.1. The van der Waals surface area contributed by atoms with Gasteiger partial charge < -0.3 is 15.7 Å². The van der Waals surface area contributed by atoms with Gasteiger partial charge in [0.05, 0.1) is 11.3 Å². The maximum absolute atomic E-state index is 13.2. The van der Waals surface area contributed by atoms with Gasteiger partial charge in [0, 0.05) is 30.6 Å². The molecule has 1 aliphatic rings. The van der Waals surface area contributed by atoms with Crippen LogP contribution >= 0.6 is 0 Å². The Morgan fingerprint density at radius 1 is 0.921 bits per heavy atom. The molecule has 10 nitrogen and oxygen atoms in total. The molecule has 0 saturated heterocycles. The summed E-state index contributed by atoms with van der Waals surface area (Å²) < 4.78 is 26.4. The normalized spacial score (nSPS) is 14.0. The summed E-state index contributed by atoms with van der Waals surface area (Å²) in [7, 11) is -4.07. The predicted octanol–water partition coefficient (Wildman–Crippen LogP) is 3.06. The van der Waals surface area contributed by atoms with E-state index in [9.17, 15) is 22.8 Å². The lowest BCUT2D eigenvalue weighted by Gasteiger charge is -2.29. The summed E-state index contributed by atoms with van der Waals surface area (Å²) in [5, 5.41) is 16.3. The second-order valence-corrected chi connectivity index (χ2v) is 10.5. The molecule has 1 heterocycles. The first-order valence-electron chi connectivity index (χ1n) is 12.0. The van der Waals surface area contributed by atoms with Crippen LogP contribution in [0.25, 0.3) is 10.8 Å². The molecule has 0 aliphatic carbocycles. The fourth-order valence-electron chi connectivity index (χ4n) is 4.31. The summed E-state index contributed by atoms with van der Waals surface area (Å²) >= 11 is 0. The molecule has 0 radical (unpaired) electrons. The van der Waals surface area contributed by atoms with Crippen molar-refractivity contribution in [3.63, 3.8) is 0 Å². The number of hydrazine groups is 1. The van der Waals surface area contributed by atoms with E-state index in [1.54, 1.807) is 49.4 Å². The maximum Gasteiger partial charge on any atom is 0.404 e. The highest BCUT2D eigenvalue weighted by molar-refractivity contribution is 7.89. The number of hydrogen-bond donors (Lipinski definition) is 4. The third kappa shape index (κ3) is 6.18. The highest BCUT2D eigenvalue weighted by Gasteiger charge is 2.30. The van der Waals surface area contributed by atoms with Crippen LogP contribution in [0.15, 0.2) is 82.8 Å². The van der Waals surface area contributed by atoms with Crippen LogP contribution in [0.2, 0.25) is 0 Å². The molecule has 0 bridgehead atoms. The highest BCUT2D eigenvalue weighted by atomic mass is 32.2. The molecule has 198 valence electrons. The molecule has 0 aromatic heterocycles. The van der Waals surface area contributed by atoms with Crippen molar-refractivity contribution < 1.29 is 27.9 Å². The molecule has 4 N–H and O–H groups in total. The zero-order chi connectivity index (χ0) is 27.3. The van der Waals surface area contributed by atoms with Crippen molar-refractivity contribution in [3.8, 4) is 0 Å². The highest BCUT2D eigenvalue weighted by Crippen LogP contribution is 2.25. The van der Waals surface area contributed by atoms with Crippen molar-refractivity contribution in [3.05, 3.63) is 89.0 Å². The predicted molar refractivity (Wildman–Crippen MR) is 141 cm³/mol. The van der Waals surface area contributed by atoms with E-state index in [1.165, 1.54) is 6.07 Å². The summed E-state index contributed by atoms with van der Waals surface area (Å²) in [5.74, 6) is -0.980. The van der Waals surface area contributed by atoms with Crippen molar-refractivity contribution >= 4 is 38.7 Å². The molecule has 0 saturated carbocycles. The lowest BCUT2D eigenvalue weighted by atomic mass is 9.98. The second-order valence-electron chi connectivity index (χ2n) is 8.92. The van der Waals surface area contributed by atoms with Crippen LogP contribution < -0.4 is 15.5 Å². The van der Waals surface area contributed by atoms with Crippen LogP contribution in [-0.4, -0.2) is 43.0 Å². The monoisotopic (exact) mass is 536 g/mol. The van der Waals surface area contributed by atoms with Crippen molar-refractivity contribution in [2.24, 2.45) is 0 Å². The quantitative estimate of drug-likeness (QED) is 0.331. The summed E-state index contributed by atoms with van der Waals surface area (Å²) in [5.41, 5.74) is 2.40. The number of nitrogens with one attached hydrogen (secondary N) is 3. The van der Waals surface area contributed by atoms with Crippen LogP contribution in [-0.2, 0) is 32.7 Å². The first-order chi connectivity index (χ1) is 18.2. The molecule has 0 spiro atoms. The zero-order valence-corrected chi connectivity index (χ0v) is 21.5. The number of benzene rings is 3. The van der Waals surface area contributed by atoms with Crippen molar-refractivity contribution in [2.45, 2.75) is 37.8 Å². The smallest absolute Gasteiger partial charge is 0.404 e. The Morgan fingerprint density at radius 3 is 2.26 bits per heavy atom. The SMILES string of the molecule is CC1=C(CC(=O)NCc2ccccc2CNC(=O)O)C(=O)N(NS(=O)(=O)c2cccc3ccccc23)CC1. The number of fused-ring (bicyclic) bond motifs is 1. The van der Waals surface area contributed by atoms with E-state index >= 15 is 0 Å². The van der Waals surface area contributed by atoms with Gasteiger partial charge in [-0.2, -0.15) is 0 Å². The third-order valence-corrected chi connectivity index (χ3v) is 7.76. The largest absolute Gasteiger partial charge is 0.465 e. The van der Waals surface area contributed by atoms with Gasteiger partial charge in [0.15, 0.2) is 0 Å². The molecule has 0 fully saturated rings. The van der Waals surface area contributed by atoms with Gasteiger partial charge in [-0.15, -0.1) is 4.83 Å². The van der Waals surface area contributed by atoms with Gasteiger partial charge in [-0.1, -0.05) is 66.2 Å². The van der Waals surface area contributed by atoms with Gasteiger partial charge in [0.2, 0.25) is 5.91 Å². The van der Waals surface area contributed by atoms with E-state index in [-0.39, 0.29) is 36.5 Å². The molecule has 11 heteroatoms. The Bertz CT molecular complexity index is 1530. The molecule has 1 aliphatic heterocycles. The molecule has 0 unspecified atom stereocenters. The van der Waals surface area contributed by atoms with Crippen LogP contribution in [0.5, 0.6) is 0 Å². The Kier molecular flexibility index (Phi) is 8.08. The maximum atomic E-state index is 13.2. The summed E-state index contributed by atoms with van der Waals surface area (Å²) in [6.07, 6.45) is -0.953. The van der Waals surface area contributed by atoms with E-state index in [2.05, 4.69) is 15.5 Å². The van der Waals surface area contributed by atoms with Gasteiger partial charge in [0.25, 0.3) is 15.9 Å². The van der Waals surface area contributed by atoms with Crippen LogP contribution in [0, 0.1) is 0 Å². The molecule has 3 amide bonds. The molecule has 3 aromatic rings. The minimum absolute atomic E-state index is 0.0602. The molecule has 4 rings (SSSR count). The minimum Gasteiger partial charge on any atom is -0.465 e. The number of amides is 3. The molecule has 0 atom stereocenters. The number of sulfonamides is 1. The van der Waals surface area contributed by atoms with E-state index < -0.39 is 27.9 Å². The Hall–Kier alpha value is -4.22. The number of carbonyl (C=O) groups is 3. The lowest BCUT2D eigenvalue weighted by Crippen LogP contribution is -2.49. The number of rotatable bonds is 9. The lowest BCUT2D eigenvalue weighted by molar-refractivity contribution is -0.131. The Labute approximate surface area is 220 Å². The van der Waals surface area contributed by atoms with E-state index in [0.29, 0.717) is 17.4 Å². The van der Waals surface area contributed by atoms with Crippen LogP contribution in [0.4, 0.5) is 4.79 Å². The first kappa shape index (κ1) is 26.8. The van der Waals surface area contributed by atoms with Crippen molar-refractivity contribution in [1.82, 2.24) is 20.5 Å². The molecular weight excluding hydrogens is 508 g/mol. The third-order valence-electron chi connectivity index (χ3n) is 6.36. The average molecular weight is 537 g/mol. The summed E-state index contributed by atoms with van der Waals surface area (Å²) in [6.45, 7) is 2.14. The molecule has 38 heavy (non-hydrogen) atoms.